The van der Waals surface area contributed by atoms with Gasteiger partial charge < -0.3 is 14.1 Å². The highest BCUT2D eigenvalue weighted by Gasteiger charge is 2.21. The Bertz CT molecular complexity index is 1300. The molecule has 3 aromatic heterocycles. The maximum absolute atomic E-state index is 13.1. The number of likely N-dealkylation sites (tertiary alicyclic amines) is 1. The fourth-order valence-electron chi connectivity index (χ4n) is 4.14. The summed E-state index contributed by atoms with van der Waals surface area (Å²) >= 11 is 0. The van der Waals surface area contributed by atoms with Crippen LogP contribution < -0.4 is 10.3 Å². The van der Waals surface area contributed by atoms with E-state index < -0.39 is 0 Å². The predicted molar refractivity (Wildman–Crippen MR) is 114 cm³/mol. The van der Waals surface area contributed by atoms with Crippen LogP contribution in [0.15, 0.2) is 39.7 Å². The van der Waals surface area contributed by atoms with Crippen molar-refractivity contribution in [2.45, 2.75) is 25.8 Å². The van der Waals surface area contributed by atoms with E-state index in [9.17, 15) is 4.79 Å². The number of methoxy groups -OCH3 is 1. The second kappa shape index (κ2) is 7.21. The summed E-state index contributed by atoms with van der Waals surface area (Å²) in [5, 5.41) is 5.02. The molecule has 1 saturated heterocycles. The molecule has 4 heterocycles. The van der Waals surface area contributed by atoms with E-state index >= 15 is 0 Å². The highest BCUT2D eigenvalue weighted by atomic mass is 16.5. The van der Waals surface area contributed by atoms with Crippen LogP contribution in [0.4, 0.5) is 0 Å². The summed E-state index contributed by atoms with van der Waals surface area (Å²) in [7, 11) is 3.71. The Morgan fingerprint density at radius 3 is 2.70 bits per heavy atom. The van der Waals surface area contributed by atoms with Crippen molar-refractivity contribution in [3.05, 3.63) is 46.7 Å². The Morgan fingerprint density at radius 1 is 1.13 bits per heavy atom. The first-order valence-corrected chi connectivity index (χ1v) is 10.1. The van der Waals surface area contributed by atoms with Crippen molar-refractivity contribution in [3.8, 4) is 17.0 Å². The van der Waals surface area contributed by atoms with Crippen LogP contribution in [0.3, 0.4) is 0 Å². The van der Waals surface area contributed by atoms with Crippen molar-refractivity contribution in [1.82, 2.24) is 24.6 Å². The van der Waals surface area contributed by atoms with Gasteiger partial charge in [-0.15, -0.1) is 0 Å². The third-order valence-corrected chi connectivity index (χ3v) is 5.79. The summed E-state index contributed by atoms with van der Waals surface area (Å²) in [6.07, 6.45) is 3.53. The van der Waals surface area contributed by atoms with Crippen molar-refractivity contribution in [1.29, 1.82) is 0 Å². The van der Waals surface area contributed by atoms with Gasteiger partial charge in [0.1, 0.15) is 11.3 Å². The van der Waals surface area contributed by atoms with Gasteiger partial charge in [-0.2, -0.15) is 5.10 Å². The minimum absolute atomic E-state index is 0.0885. The molecule has 0 aliphatic carbocycles. The van der Waals surface area contributed by atoms with E-state index in [2.05, 4.69) is 22.0 Å². The lowest BCUT2D eigenvalue weighted by atomic mass is 10.1. The standard InChI is InChI=1S/C22H23N5O3/c1-13-24-18-11-20(29-3)16(10-21(18)30-13)17-5-4-15-19(25-17)12-23-27(22(15)28)14-6-8-26(2)9-7-14/h4-5,10-12,14H,6-9H2,1-3H3. The number of piperidine rings is 1. The third kappa shape index (κ3) is 3.13. The molecule has 1 fully saturated rings. The van der Waals surface area contributed by atoms with E-state index in [0.717, 1.165) is 37.0 Å². The van der Waals surface area contributed by atoms with Crippen molar-refractivity contribution in [2.75, 3.05) is 27.2 Å². The molecule has 0 amide bonds. The number of hydrogen-bond donors (Lipinski definition) is 0. The van der Waals surface area contributed by atoms with E-state index in [1.807, 2.05) is 31.2 Å². The monoisotopic (exact) mass is 405 g/mol. The summed E-state index contributed by atoms with van der Waals surface area (Å²) in [4.78, 5) is 24.4. The first kappa shape index (κ1) is 18.7. The van der Waals surface area contributed by atoms with Crippen molar-refractivity contribution >= 4 is 22.0 Å². The largest absolute Gasteiger partial charge is 0.496 e. The highest BCUT2D eigenvalue weighted by Crippen LogP contribution is 2.34. The summed E-state index contributed by atoms with van der Waals surface area (Å²) < 4.78 is 12.8. The Balaban J connectivity index is 1.58. The van der Waals surface area contributed by atoms with E-state index in [4.69, 9.17) is 14.1 Å². The van der Waals surface area contributed by atoms with Gasteiger partial charge in [-0.25, -0.2) is 14.6 Å². The molecule has 4 aromatic rings. The van der Waals surface area contributed by atoms with E-state index in [0.29, 0.717) is 33.8 Å². The summed E-state index contributed by atoms with van der Waals surface area (Å²) in [6.45, 7) is 3.75. The van der Waals surface area contributed by atoms with Crippen molar-refractivity contribution in [2.24, 2.45) is 0 Å². The molecule has 1 aliphatic rings. The Morgan fingerprint density at radius 2 is 1.93 bits per heavy atom. The summed E-state index contributed by atoms with van der Waals surface area (Å²) in [6, 6.07) is 7.51. The minimum Gasteiger partial charge on any atom is -0.496 e. The lowest BCUT2D eigenvalue weighted by Gasteiger charge is -2.29. The topological polar surface area (TPSA) is 86.3 Å². The number of aromatic nitrogens is 4. The smallest absolute Gasteiger partial charge is 0.276 e. The molecule has 0 spiro atoms. The average Bonchev–Trinajstić information content (AvgIpc) is 3.12. The molecule has 0 bridgehead atoms. The molecule has 0 unspecified atom stereocenters. The average molecular weight is 405 g/mol. The molecule has 0 radical (unpaired) electrons. The zero-order valence-electron chi connectivity index (χ0n) is 17.3. The molecular formula is C22H23N5O3. The number of pyridine rings is 1. The quantitative estimate of drug-likeness (QED) is 0.517. The molecule has 0 atom stereocenters. The first-order chi connectivity index (χ1) is 14.5. The van der Waals surface area contributed by atoms with Crippen LogP contribution in [0.2, 0.25) is 0 Å². The molecule has 8 nitrogen and oxygen atoms in total. The zero-order valence-corrected chi connectivity index (χ0v) is 17.3. The third-order valence-electron chi connectivity index (χ3n) is 5.79. The van der Waals surface area contributed by atoms with Gasteiger partial charge in [0.25, 0.3) is 5.56 Å². The minimum atomic E-state index is -0.0885. The number of hydrogen-bond acceptors (Lipinski definition) is 7. The molecule has 30 heavy (non-hydrogen) atoms. The van der Waals surface area contributed by atoms with Crippen LogP contribution in [-0.4, -0.2) is 51.9 Å². The second-order valence-electron chi connectivity index (χ2n) is 7.81. The number of nitrogens with zero attached hydrogens (tertiary/aromatic N) is 5. The number of ether oxygens (including phenoxy) is 1. The molecule has 5 rings (SSSR count). The van der Waals surface area contributed by atoms with Gasteiger partial charge in [0.05, 0.1) is 35.9 Å². The fourth-order valence-corrected chi connectivity index (χ4v) is 4.14. The van der Waals surface area contributed by atoms with Crippen LogP contribution >= 0.6 is 0 Å². The molecule has 154 valence electrons. The molecular weight excluding hydrogens is 382 g/mol. The Kier molecular flexibility index (Phi) is 4.51. The molecule has 0 saturated carbocycles. The molecule has 0 N–H and O–H groups in total. The summed E-state index contributed by atoms with van der Waals surface area (Å²) in [5.41, 5.74) is 3.35. The Labute approximate surface area is 173 Å². The van der Waals surface area contributed by atoms with Gasteiger partial charge in [-0.3, -0.25) is 4.79 Å². The predicted octanol–water partition coefficient (Wildman–Crippen LogP) is 3.18. The fraction of sp³-hybridized carbons (Fsp3) is 0.364. The number of benzene rings is 1. The van der Waals surface area contributed by atoms with Crippen LogP contribution in [0.5, 0.6) is 5.75 Å². The van der Waals surface area contributed by atoms with Crippen LogP contribution in [0.25, 0.3) is 33.3 Å². The lowest BCUT2D eigenvalue weighted by molar-refractivity contribution is 0.209. The van der Waals surface area contributed by atoms with Gasteiger partial charge in [0, 0.05) is 18.6 Å². The molecule has 1 aromatic carbocycles. The normalized spacial score (nSPS) is 15.8. The molecule has 8 heteroatoms. The number of oxazole rings is 1. The molecule has 1 aliphatic heterocycles. The highest BCUT2D eigenvalue weighted by molar-refractivity contribution is 5.86. The van der Waals surface area contributed by atoms with E-state index in [1.165, 1.54) is 0 Å². The van der Waals surface area contributed by atoms with Gasteiger partial charge in [0.2, 0.25) is 0 Å². The summed E-state index contributed by atoms with van der Waals surface area (Å²) in [5.74, 6) is 1.24. The van der Waals surface area contributed by atoms with Gasteiger partial charge in [0.15, 0.2) is 11.5 Å². The van der Waals surface area contributed by atoms with Gasteiger partial charge in [-0.05, 0) is 51.2 Å². The van der Waals surface area contributed by atoms with Crippen LogP contribution in [-0.2, 0) is 0 Å². The SMILES string of the molecule is COc1cc2nc(C)oc2cc1-c1ccc2c(=O)n(C3CCN(C)CC3)ncc2n1. The van der Waals surface area contributed by atoms with Crippen LogP contribution in [0, 0.1) is 6.92 Å². The van der Waals surface area contributed by atoms with Crippen molar-refractivity contribution < 1.29 is 9.15 Å². The van der Waals surface area contributed by atoms with E-state index in [-0.39, 0.29) is 11.6 Å². The van der Waals surface area contributed by atoms with Gasteiger partial charge in [-0.1, -0.05) is 0 Å². The zero-order chi connectivity index (χ0) is 20.8. The van der Waals surface area contributed by atoms with Crippen molar-refractivity contribution in [3.63, 3.8) is 0 Å². The maximum Gasteiger partial charge on any atom is 0.276 e. The number of rotatable bonds is 3. The van der Waals surface area contributed by atoms with Crippen LogP contribution in [0.1, 0.15) is 24.8 Å². The number of aryl methyl sites for hydroxylation is 1. The first-order valence-electron chi connectivity index (χ1n) is 10.1. The lowest BCUT2D eigenvalue weighted by Crippen LogP contribution is -2.36. The van der Waals surface area contributed by atoms with E-state index in [1.54, 1.807) is 18.0 Å². The second-order valence-corrected chi connectivity index (χ2v) is 7.81. The maximum atomic E-state index is 13.1. The van der Waals surface area contributed by atoms with Gasteiger partial charge >= 0.3 is 0 Å². The Hall–Kier alpha value is -3.26. The number of fused-ring (bicyclic) bond motifs is 2.